The second-order valence-corrected chi connectivity index (χ2v) is 8.50. The van der Waals surface area contributed by atoms with Crippen LogP contribution in [0.3, 0.4) is 0 Å². The van der Waals surface area contributed by atoms with Crippen molar-refractivity contribution in [2.75, 3.05) is 13.1 Å². The lowest BCUT2D eigenvalue weighted by atomic mass is 9.91. The minimum atomic E-state index is -0.477. The zero-order valence-electron chi connectivity index (χ0n) is 17.8. The Labute approximate surface area is 202 Å². The highest BCUT2D eigenvalue weighted by Crippen LogP contribution is 2.29. The van der Waals surface area contributed by atoms with Crippen LogP contribution in [0.4, 0.5) is 0 Å². The Morgan fingerprint density at radius 3 is 2.27 bits per heavy atom. The first-order valence-electron chi connectivity index (χ1n) is 10.5. The van der Waals surface area contributed by atoms with Crippen LogP contribution in [0.5, 0.6) is 0 Å². The number of carbonyl (C=O) groups excluding carboxylic acids is 1. The first kappa shape index (κ1) is 22.8. The van der Waals surface area contributed by atoms with Crippen molar-refractivity contribution in [1.29, 1.82) is 0 Å². The van der Waals surface area contributed by atoms with Gasteiger partial charge in [0.1, 0.15) is 0 Å². The van der Waals surface area contributed by atoms with Gasteiger partial charge in [-0.3, -0.25) is 4.79 Å². The van der Waals surface area contributed by atoms with Crippen molar-refractivity contribution in [3.05, 3.63) is 106 Å². The smallest absolute Gasteiger partial charge is 0.236 e. The van der Waals surface area contributed by atoms with Gasteiger partial charge >= 0.3 is 0 Å². The normalized spacial score (nSPS) is 15.9. The van der Waals surface area contributed by atoms with E-state index >= 15 is 0 Å². The summed E-state index contributed by atoms with van der Waals surface area (Å²) in [5, 5.41) is 11.1. The molecule has 6 nitrogen and oxygen atoms in total. The molecule has 0 aliphatic carbocycles. The van der Waals surface area contributed by atoms with Gasteiger partial charge < -0.3 is 11.1 Å². The van der Waals surface area contributed by atoms with Gasteiger partial charge in [-0.25, -0.2) is 10.0 Å². The van der Waals surface area contributed by atoms with E-state index in [-0.39, 0.29) is 12.5 Å². The third-order valence-electron chi connectivity index (χ3n) is 5.25. The topological polar surface area (TPSA) is 83.1 Å². The number of hydrogen-bond donors (Lipinski definition) is 2. The van der Waals surface area contributed by atoms with Gasteiger partial charge in [-0.2, -0.15) is 5.10 Å². The molecule has 3 aromatic rings. The molecule has 0 saturated heterocycles. The lowest BCUT2D eigenvalue weighted by molar-refractivity contribution is -0.117. The van der Waals surface area contributed by atoms with Gasteiger partial charge in [0.05, 0.1) is 25.3 Å². The Kier molecular flexibility index (Phi) is 7.27. The molecule has 0 saturated carbocycles. The van der Waals surface area contributed by atoms with Crippen molar-refractivity contribution >= 4 is 40.8 Å². The van der Waals surface area contributed by atoms with Gasteiger partial charge in [0, 0.05) is 16.0 Å². The maximum Gasteiger partial charge on any atom is 0.236 e. The third kappa shape index (κ3) is 5.92. The lowest BCUT2D eigenvalue weighted by Crippen LogP contribution is -2.42. The predicted molar refractivity (Wildman–Crippen MR) is 134 cm³/mol. The molecular weight excluding hydrogens is 457 g/mol. The first-order chi connectivity index (χ1) is 16.0. The number of nitrogens with zero attached hydrogens (tertiary/aromatic N) is 3. The second-order valence-electron chi connectivity index (χ2n) is 7.62. The molecule has 0 unspecified atom stereocenters. The van der Waals surface area contributed by atoms with E-state index in [0.29, 0.717) is 29.1 Å². The molecule has 1 atom stereocenters. The van der Waals surface area contributed by atoms with Crippen molar-refractivity contribution in [2.24, 2.45) is 15.8 Å². The van der Waals surface area contributed by atoms with E-state index in [1.54, 1.807) is 5.01 Å². The monoisotopic (exact) mass is 479 g/mol. The number of halogens is 2. The molecule has 0 aromatic heterocycles. The van der Waals surface area contributed by atoms with Crippen molar-refractivity contribution in [2.45, 2.75) is 12.5 Å². The number of guanidine groups is 1. The van der Waals surface area contributed by atoms with Gasteiger partial charge in [0.15, 0.2) is 0 Å². The van der Waals surface area contributed by atoms with Crippen molar-refractivity contribution in [1.82, 2.24) is 10.3 Å². The minimum absolute atomic E-state index is 0.0171. The Morgan fingerprint density at radius 2 is 1.64 bits per heavy atom. The summed E-state index contributed by atoms with van der Waals surface area (Å²) in [4.78, 5) is 16.2. The van der Waals surface area contributed by atoms with Gasteiger partial charge in [-0.15, -0.1) is 0 Å². The molecule has 168 valence electrons. The lowest BCUT2D eigenvalue weighted by Gasteiger charge is -2.19. The van der Waals surface area contributed by atoms with E-state index in [1.807, 2.05) is 66.7 Å². The molecule has 0 spiro atoms. The van der Waals surface area contributed by atoms with Crippen LogP contribution >= 0.6 is 23.2 Å². The fourth-order valence-corrected chi connectivity index (χ4v) is 3.86. The summed E-state index contributed by atoms with van der Waals surface area (Å²) in [7, 11) is 0. The molecule has 0 fully saturated rings. The number of benzene rings is 3. The highest BCUT2D eigenvalue weighted by Gasteiger charge is 2.31. The second kappa shape index (κ2) is 10.5. The van der Waals surface area contributed by atoms with E-state index < -0.39 is 5.91 Å². The highest BCUT2D eigenvalue weighted by atomic mass is 35.5. The Morgan fingerprint density at radius 1 is 1.00 bits per heavy atom. The van der Waals surface area contributed by atoms with E-state index in [1.165, 1.54) is 0 Å². The minimum Gasteiger partial charge on any atom is -0.368 e. The number of carbonyl (C=O) groups is 1. The first-order valence-corrected chi connectivity index (χ1v) is 11.2. The van der Waals surface area contributed by atoms with E-state index in [0.717, 1.165) is 22.4 Å². The summed E-state index contributed by atoms with van der Waals surface area (Å²) in [6.07, 6.45) is 0. The number of aliphatic imine (C=N–C) groups is 1. The van der Waals surface area contributed by atoms with Crippen molar-refractivity contribution in [3.8, 4) is 0 Å². The van der Waals surface area contributed by atoms with Gasteiger partial charge in [0.2, 0.25) is 11.9 Å². The van der Waals surface area contributed by atoms with Crippen LogP contribution in [-0.4, -0.2) is 35.7 Å². The zero-order valence-corrected chi connectivity index (χ0v) is 19.3. The van der Waals surface area contributed by atoms with Gasteiger partial charge in [0.25, 0.3) is 0 Å². The summed E-state index contributed by atoms with van der Waals surface area (Å²) < 4.78 is 0. The van der Waals surface area contributed by atoms with Crippen LogP contribution in [0.1, 0.15) is 22.6 Å². The molecule has 3 aromatic carbocycles. The molecule has 1 aliphatic heterocycles. The summed E-state index contributed by atoms with van der Waals surface area (Å²) in [5.41, 5.74) is 9.38. The van der Waals surface area contributed by atoms with Gasteiger partial charge in [-0.1, -0.05) is 77.8 Å². The predicted octanol–water partition coefficient (Wildman–Crippen LogP) is 4.43. The molecule has 1 amide bonds. The largest absolute Gasteiger partial charge is 0.368 e. The molecule has 3 N–H and O–H groups in total. The molecule has 0 radical (unpaired) electrons. The Balaban J connectivity index is 1.67. The molecule has 8 heteroatoms. The standard InChI is InChI=1S/C25H23Cl2N5O/c26-20-10-6-17(7-11-20)14-29-25(30-15-23(28)33)32-16-22(18-4-2-1-3-5-18)24(31-32)19-8-12-21(27)13-9-19/h1-13,22H,14-16H2,(H2,28,33)(H,29,30)/t22-/m1/s1. The highest BCUT2D eigenvalue weighted by molar-refractivity contribution is 6.31. The average molecular weight is 480 g/mol. The summed E-state index contributed by atoms with van der Waals surface area (Å²) in [6, 6.07) is 25.3. The van der Waals surface area contributed by atoms with Crippen molar-refractivity contribution in [3.63, 3.8) is 0 Å². The summed E-state index contributed by atoms with van der Waals surface area (Å²) >= 11 is 12.1. The average Bonchev–Trinajstić information content (AvgIpc) is 3.26. The summed E-state index contributed by atoms with van der Waals surface area (Å²) in [6.45, 7) is 0.918. The number of nitrogens with two attached hydrogens (primary N) is 1. The van der Waals surface area contributed by atoms with Crippen molar-refractivity contribution < 1.29 is 4.79 Å². The number of primary amides is 1. The molecule has 33 heavy (non-hydrogen) atoms. The fraction of sp³-hybridized carbons (Fsp3) is 0.160. The van der Waals surface area contributed by atoms with E-state index in [9.17, 15) is 4.79 Å². The molecule has 1 heterocycles. The SMILES string of the molecule is NC(=O)CN/C(=N\Cc1ccc(Cl)cc1)N1C[C@H](c2ccccc2)C(c2ccc(Cl)cc2)=N1. The Bertz CT molecular complexity index is 1160. The fourth-order valence-electron chi connectivity index (χ4n) is 3.61. The van der Waals surface area contributed by atoms with Gasteiger partial charge in [-0.05, 0) is 41.0 Å². The van der Waals surface area contributed by atoms with Crippen LogP contribution in [-0.2, 0) is 11.3 Å². The number of rotatable bonds is 6. The number of nitrogens with one attached hydrogen (secondary N) is 1. The van der Waals surface area contributed by atoms with Crippen LogP contribution in [0.25, 0.3) is 0 Å². The quantitative estimate of drug-likeness (QED) is 0.405. The number of hydrogen-bond acceptors (Lipinski definition) is 3. The molecule has 1 aliphatic rings. The Hall–Kier alpha value is -3.35. The maximum absolute atomic E-state index is 11.5. The molecule has 0 bridgehead atoms. The molecular formula is C25H23Cl2N5O. The van der Waals surface area contributed by atoms with E-state index in [4.69, 9.17) is 39.0 Å². The third-order valence-corrected chi connectivity index (χ3v) is 5.75. The van der Waals surface area contributed by atoms with Crippen LogP contribution in [0, 0.1) is 0 Å². The summed E-state index contributed by atoms with van der Waals surface area (Å²) in [5.74, 6) is 0.0204. The number of hydrazone groups is 1. The maximum atomic E-state index is 11.5. The van der Waals surface area contributed by atoms with Crippen LogP contribution in [0.2, 0.25) is 10.0 Å². The number of amides is 1. The van der Waals surface area contributed by atoms with Crippen LogP contribution in [0.15, 0.2) is 89.0 Å². The molecule has 4 rings (SSSR count). The van der Waals surface area contributed by atoms with E-state index in [2.05, 4.69) is 17.4 Å². The zero-order chi connectivity index (χ0) is 23.2. The van der Waals surface area contributed by atoms with Crippen LogP contribution < -0.4 is 11.1 Å².